The Morgan fingerprint density at radius 2 is 1.04 bits per heavy atom. The molecule has 0 aliphatic carbocycles. The molecule has 0 atom stereocenters. The lowest BCUT2D eigenvalue weighted by Gasteiger charge is -2.00. The van der Waals surface area contributed by atoms with E-state index in [-0.39, 0.29) is 0 Å². The molecular weight excluding hydrogens is 348 g/mol. The number of nitrogens with zero attached hydrogens (tertiary/aromatic N) is 4. The lowest BCUT2D eigenvalue weighted by atomic mass is 10.1. The van der Waals surface area contributed by atoms with Gasteiger partial charge in [-0.3, -0.25) is 20.2 Å². The van der Waals surface area contributed by atoms with Gasteiger partial charge < -0.3 is 0 Å². The normalized spacial score (nSPS) is 10.9. The Balaban J connectivity index is 1.46. The summed E-state index contributed by atoms with van der Waals surface area (Å²) < 4.78 is 0. The van der Waals surface area contributed by atoms with E-state index in [2.05, 4.69) is 36.4 Å². The molecule has 4 aromatic heterocycles. The van der Waals surface area contributed by atoms with Crippen LogP contribution < -0.4 is 0 Å². The van der Waals surface area contributed by atoms with Crippen molar-refractivity contribution in [3.63, 3.8) is 0 Å². The quantitative estimate of drug-likeness (QED) is 0.488. The maximum atomic E-state index is 4.45. The van der Waals surface area contributed by atoms with Gasteiger partial charge in [-0.2, -0.15) is 10.2 Å². The molecule has 5 aromatic rings. The van der Waals surface area contributed by atoms with Gasteiger partial charge in [-0.15, -0.1) is 0 Å². The molecule has 28 heavy (non-hydrogen) atoms. The van der Waals surface area contributed by atoms with Crippen molar-refractivity contribution in [1.82, 2.24) is 30.4 Å². The van der Waals surface area contributed by atoms with Crippen LogP contribution in [0.3, 0.4) is 0 Å². The first-order valence-electron chi connectivity index (χ1n) is 8.91. The number of nitrogens with one attached hydrogen (secondary N) is 2. The second-order valence-electron chi connectivity index (χ2n) is 6.34. The lowest BCUT2D eigenvalue weighted by Crippen LogP contribution is -1.82. The van der Waals surface area contributed by atoms with Crippen LogP contribution in [0.5, 0.6) is 0 Å². The molecule has 5 rings (SSSR count). The third-order valence-electron chi connectivity index (χ3n) is 4.49. The fourth-order valence-corrected chi connectivity index (χ4v) is 3.08. The molecule has 0 amide bonds. The van der Waals surface area contributed by atoms with Crippen molar-refractivity contribution in [2.45, 2.75) is 0 Å². The minimum absolute atomic E-state index is 0.864. The average molecular weight is 364 g/mol. The molecule has 0 radical (unpaired) electrons. The number of hydrogen-bond acceptors (Lipinski definition) is 4. The molecule has 4 heterocycles. The molecule has 1 aromatic carbocycles. The number of hydrogen-bond donors (Lipinski definition) is 2. The molecule has 0 aliphatic rings. The predicted octanol–water partition coefficient (Wildman–Crippen LogP) is 4.59. The lowest BCUT2D eigenvalue weighted by molar-refractivity contribution is 1.09. The maximum Gasteiger partial charge on any atom is 0.0928 e. The zero-order valence-electron chi connectivity index (χ0n) is 14.9. The Morgan fingerprint density at radius 3 is 1.50 bits per heavy atom. The zero-order chi connectivity index (χ0) is 18.8. The Labute approximate surface area is 161 Å². The minimum Gasteiger partial charge on any atom is -0.276 e. The van der Waals surface area contributed by atoms with E-state index in [0.717, 1.165) is 45.3 Å². The van der Waals surface area contributed by atoms with Crippen LogP contribution in [0.1, 0.15) is 0 Å². The van der Waals surface area contributed by atoms with E-state index in [1.807, 2.05) is 66.7 Å². The monoisotopic (exact) mass is 364 g/mol. The van der Waals surface area contributed by atoms with Gasteiger partial charge in [0.25, 0.3) is 0 Å². The molecule has 134 valence electrons. The van der Waals surface area contributed by atoms with Crippen LogP contribution >= 0.6 is 0 Å². The summed E-state index contributed by atoms with van der Waals surface area (Å²) in [6.07, 6.45) is 3.54. The topological polar surface area (TPSA) is 83.1 Å². The number of aromatic amines is 2. The molecule has 0 saturated heterocycles. The first kappa shape index (κ1) is 16.1. The van der Waals surface area contributed by atoms with Gasteiger partial charge in [0.2, 0.25) is 0 Å². The van der Waals surface area contributed by atoms with Crippen molar-refractivity contribution in [1.29, 1.82) is 0 Å². The molecule has 2 N–H and O–H groups in total. The van der Waals surface area contributed by atoms with Crippen molar-refractivity contribution in [2.24, 2.45) is 0 Å². The van der Waals surface area contributed by atoms with Crippen molar-refractivity contribution < 1.29 is 0 Å². The van der Waals surface area contributed by atoms with Gasteiger partial charge in [-0.25, -0.2) is 0 Å². The van der Waals surface area contributed by atoms with Crippen LogP contribution in [0.4, 0.5) is 0 Å². The van der Waals surface area contributed by atoms with Gasteiger partial charge in [0, 0.05) is 23.5 Å². The minimum atomic E-state index is 0.864. The second kappa shape index (κ2) is 6.92. The van der Waals surface area contributed by atoms with Crippen LogP contribution in [-0.2, 0) is 0 Å². The van der Waals surface area contributed by atoms with Crippen LogP contribution in [-0.4, -0.2) is 30.4 Å². The first-order chi connectivity index (χ1) is 13.9. The van der Waals surface area contributed by atoms with E-state index in [4.69, 9.17) is 0 Å². The highest BCUT2D eigenvalue weighted by Gasteiger charge is 2.10. The molecule has 0 bridgehead atoms. The van der Waals surface area contributed by atoms with Crippen LogP contribution in [0.25, 0.3) is 45.3 Å². The van der Waals surface area contributed by atoms with E-state index in [1.54, 1.807) is 12.4 Å². The third kappa shape index (κ3) is 3.07. The number of H-pyrrole nitrogens is 2. The van der Waals surface area contributed by atoms with Crippen molar-refractivity contribution in [2.75, 3.05) is 0 Å². The van der Waals surface area contributed by atoms with Gasteiger partial charge in [-0.1, -0.05) is 30.3 Å². The summed E-state index contributed by atoms with van der Waals surface area (Å²) in [5.41, 5.74) is 7.26. The molecule has 6 heteroatoms. The Hall–Kier alpha value is -4.06. The Bertz CT molecular complexity index is 1120. The summed E-state index contributed by atoms with van der Waals surface area (Å²) in [6.45, 7) is 0. The molecule has 0 saturated carbocycles. The van der Waals surface area contributed by atoms with Gasteiger partial charge in [0.05, 0.1) is 34.2 Å². The summed E-state index contributed by atoms with van der Waals surface area (Å²) >= 11 is 0. The Morgan fingerprint density at radius 1 is 0.500 bits per heavy atom. The summed E-state index contributed by atoms with van der Waals surface area (Å²) in [6, 6.07) is 23.8. The van der Waals surface area contributed by atoms with Gasteiger partial charge >= 0.3 is 0 Å². The summed E-state index contributed by atoms with van der Waals surface area (Å²) in [7, 11) is 0. The van der Waals surface area contributed by atoms with Crippen molar-refractivity contribution in [3.8, 4) is 45.3 Å². The summed E-state index contributed by atoms with van der Waals surface area (Å²) in [4.78, 5) is 8.72. The number of pyridine rings is 2. The second-order valence-corrected chi connectivity index (χ2v) is 6.34. The zero-order valence-corrected chi connectivity index (χ0v) is 14.9. The van der Waals surface area contributed by atoms with Gasteiger partial charge in [0.1, 0.15) is 0 Å². The number of rotatable bonds is 4. The molecule has 6 nitrogen and oxygen atoms in total. The smallest absolute Gasteiger partial charge is 0.0928 e. The van der Waals surface area contributed by atoms with Crippen molar-refractivity contribution >= 4 is 0 Å². The highest BCUT2D eigenvalue weighted by molar-refractivity contribution is 5.73. The average Bonchev–Trinajstić information content (AvgIpc) is 3.46. The van der Waals surface area contributed by atoms with Crippen LogP contribution in [0, 0.1) is 0 Å². The fraction of sp³-hybridized carbons (Fsp3) is 0. The molecule has 0 fully saturated rings. The highest BCUT2D eigenvalue weighted by atomic mass is 15.1. The molecule has 0 unspecified atom stereocenters. The van der Waals surface area contributed by atoms with E-state index < -0.39 is 0 Å². The summed E-state index contributed by atoms with van der Waals surface area (Å²) in [5, 5.41) is 15.0. The van der Waals surface area contributed by atoms with Gasteiger partial charge in [-0.05, 0) is 42.5 Å². The van der Waals surface area contributed by atoms with Gasteiger partial charge in [0.15, 0.2) is 0 Å². The van der Waals surface area contributed by atoms with Crippen molar-refractivity contribution in [3.05, 3.63) is 85.2 Å². The van der Waals surface area contributed by atoms with E-state index in [1.165, 1.54) is 0 Å². The summed E-state index contributed by atoms with van der Waals surface area (Å²) in [5.74, 6) is 0. The van der Waals surface area contributed by atoms with E-state index >= 15 is 0 Å². The van der Waals surface area contributed by atoms with Crippen LogP contribution in [0.15, 0.2) is 85.2 Å². The number of benzene rings is 1. The fourth-order valence-electron chi connectivity index (χ4n) is 3.08. The molecular formula is C22H16N6. The SMILES string of the molecule is c1ccc(-c2cc(-c3cccc(-c4cc(-c5ccccn5)[nH]n4)c3)n[nH]2)nc1. The van der Waals surface area contributed by atoms with E-state index in [9.17, 15) is 0 Å². The molecule has 0 aliphatic heterocycles. The molecule has 0 spiro atoms. The highest BCUT2D eigenvalue weighted by Crippen LogP contribution is 2.28. The predicted molar refractivity (Wildman–Crippen MR) is 108 cm³/mol. The maximum absolute atomic E-state index is 4.45. The largest absolute Gasteiger partial charge is 0.276 e. The number of aromatic nitrogens is 6. The van der Waals surface area contributed by atoms with Crippen LogP contribution in [0.2, 0.25) is 0 Å². The third-order valence-corrected chi connectivity index (χ3v) is 4.49. The standard InChI is InChI=1S/C22H16N6/c1-3-10-23-17(8-1)21-13-19(25-27-21)15-6-5-7-16(12-15)20-14-22(28-26-20)18-9-2-4-11-24-18/h1-14H,(H,25,27)(H,26,28). The van der Waals surface area contributed by atoms with E-state index in [0.29, 0.717) is 0 Å². The Kier molecular flexibility index (Phi) is 3.99. The first-order valence-corrected chi connectivity index (χ1v) is 8.91.